The van der Waals surface area contributed by atoms with E-state index < -0.39 is 5.97 Å². The molecule has 0 atom stereocenters. The molecule has 1 N–H and O–H groups in total. The Hall–Kier alpha value is -2.43. The SMILES string of the molecule is Cc1cnn(Cc2ccc(C=CC(=O)O)cc2F)c1. The van der Waals surface area contributed by atoms with Crippen molar-refractivity contribution < 1.29 is 14.3 Å². The third-order valence-corrected chi connectivity index (χ3v) is 2.59. The van der Waals surface area contributed by atoms with Crippen LogP contribution in [0, 0.1) is 12.7 Å². The average molecular weight is 260 g/mol. The number of nitrogens with zero attached hydrogens (tertiary/aromatic N) is 2. The summed E-state index contributed by atoms with van der Waals surface area (Å²) in [6.07, 6.45) is 5.87. The van der Waals surface area contributed by atoms with Gasteiger partial charge < -0.3 is 5.11 Å². The number of carboxylic acid groups (broad SMARTS) is 1. The average Bonchev–Trinajstić information content (AvgIpc) is 2.75. The van der Waals surface area contributed by atoms with Crippen LogP contribution < -0.4 is 0 Å². The molecule has 2 rings (SSSR count). The van der Waals surface area contributed by atoms with Crippen molar-refractivity contribution in [3.8, 4) is 0 Å². The van der Waals surface area contributed by atoms with Gasteiger partial charge in [-0.3, -0.25) is 4.68 Å². The largest absolute Gasteiger partial charge is 0.478 e. The van der Waals surface area contributed by atoms with Crippen molar-refractivity contribution in [2.45, 2.75) is 13.5 Å². The topological polar surface area (TPSA) is 55.1 Å². The van der Waals surface area contributed by atoms with Crippen LogP contribution in [-0.2, 0) is 11.3 Å². The molecule has 5 heteroatoms. The molecule has 1 aromatic heterocycles. The molecular weight excluding hydrogens is 247 g/mol. The van der Waals surface area contributed by atoms with Gasteiger partial charge in [0.25, 0.3) is 0 Å². The molecule has 0 radical (unpaired) electrons. The number of rotatable bonds is 4. The van der Waals surface area contributed by atoms with Gasteiger partial charge in [-0.15, -0.1) is 0 Å². The standard InChI is InChI=1S/C14H13FN2O2/c1-10-7-16-17(8-10)9-12-4-2-11(6-13(12)15)3-5-14(18)19/h2-8H,9H2,1H3,(H,18,19). The summed E-state index contributed by atoms with van der Waals surface area (Å²) in [5.74, 6) is -1.43. The molecule has 0 saturated carbocycles. The van der Waals surface area contributed by atoms with E-state index in [-0.39, 0.29) is 5.82 Å². The molecule has 0 aliphatic rings. The third kappa shape index (κ3) is 3.51. The minimum atomic E-state index is -1.06. The van der Waals surface area contributed by atoms with Gasteiger partial charge in [0.1, 0.15) is 5.82 Å². The third-order valence-electron chi connectivity index (χ3n) is 2.59. The number of hydrogen-bond acceptors (Lipinski definition) is 2. The van der Waals surface area contributed by atoms with Crippen molar-refractivity contribution in [3.05, 3.63) is 59.2 Å². The number of carboxylic acids is 1. The van der Waals surface area contributed by atoms with Crippen LogP contribution in [0.3, 0.4) is 0 Å². The Bertz CT molecular complexity index is 632. The Morgan fingerprint density at radius 1 is 1.53 bits per heavy atom. The highest BCUT2D eigenvalue weighted by Crippen LogP contribution is 2.13. The lowest BCUT2D eigenvalue weighted by Crippen LogP contribution is -2.02. The lowest BCUT2D eigenvalue weighted by molar-refractivity contribution is -0.131. The number of halogens is 1. The van der Waals surface area contributed by atoms with Crippen LogP contribution in [-0.4, -0.2) is 20.9 Å². The minimum absolute atomic E-state index is 0.350. The minimum Gasteiger partial charge on any atom is -0.478 e. The monoisotopic (exact) mass is 260 g/mol. The molecule has 0 fully saturated rings. The van der Waals surface area contributed by atoms with E-state index in [2.05, 4.69) is 5.10 Å². The van der Waals surface area contributed by atoms with Crippen molar-refractivity contribution in [1.29, 1.82) is 0 Å². The summed E-state index contributed by atoms with van der Waals surface area (Å²) in [6, 6.07) is 4.62. The van der Waals surface area contributed by atoms with Gasteiger partial charge in [-0.2, -0.15) is 5.10 Å². The van der Waals surface area contributed by atoms with Crippen LogP contribution in [0.4, 0.5) is 4.39 Å². The van der Waals surface area contributed by atoms with Gasteiger partial charge in [0.15, 0.2) is 0 Å². The maximum absolute atomic E-state index is 13.8. The van der Waals surface area contributed by atoms with Gasteiger partial charge >= 0.3 is 5.97 Å². The molecule has 19 heavy (non-hydrogen) atoms. The maximum atomic E-state index is 13.8. The normalized spacial score (nSPS) is 11.1. The summed E-state index contributed by atoms with van der Waals surface area (Å²) >= 11 is 0. The van der Waals surface area contributed by atoms with Crippen LogP contribution in [0.5, 0.6) is 0 Å². The molecule has 0 bridgehead atoms. The highest BCUT2D eigenvalue weighted by atomic mass is 19.1. The Morgan fingerprint density at radius 2 is 2.32 bits per heavy atom. The Labute approximate surface area is 109 Å². The van der Waals surface area contributed by atoms with E-state index in [0.29, 0.717) is 17.7 Å². The van der Waals surface area contributed by atoms with Crippen LogP contribution >= 0.6 is 0 Å². The van der Waals surface area contributed by atoms with Crippen molar-refractivity contribution in [2.75, 3.05) is 0 Å². The van der Waals surface area contributed by atoms with Crippen molar-refractivity contribution in [3.63, 3.8) is 0 Å². The molecule has 4 nitrogen and oxygen atoms in total. The van der Waals surface area contributed by atoms with Crippen LogP contribution in [0.1, 0.15) is 16.7 Å². The Balaban J connectivity index is 2.17. The molecular formula is C14H13FN2O2. The number of benzene rings is 1. The lowest BCUT2D eigenvalue weighted by Gasteiger charge is -2.04. The predicted octanol–water partition coefficient (Wildman–Crippen LogP) is 2.48. The van der Waals surface area contributed by atoms with Gasteiger partial charge in [-0.1, -0.05) is 12.1 Å². The highest BCUT2D eigenvalue weighted by Gasteiger charge is 2.04. The first-order chi connectivity index (χ1) is 9.04. The zero-order valence-corrected chi connectivity index (χ0v) is 10.4. The summed E-state index contributed by atoms with van der Waals surface area (Å²) in [4.78, 5) is 10.4. The molecule has 98 valence electrons. The number of hydrogen-bond donors (Lipinski definition) is 1. The van der Waals surface area contributed by atoms with E-state index in [1.54, 1.807) is 23.0 Å². The number of aliphatic carboxylic acids is 1. The zero-order valence-electron chi connectivity index (χ0n) is 10.4. The second-order valence-corrected chi connectivity index (χ2v) is 4.24. The molecule has 2 aromatic rings. The molecule has 0 aliphatic carbocycles. The van der Waals surface area contributed by atoms with Crippen LogP contribution in [0.2, 0.25) is 0 Å². The first kappa shape index (κ1) is 13.0. The fraction of sp³-hybridized carbons (Fsp3) is 0.143. The predicted molar refractivity (Wildman–Crippen MR) is 69.1 cm³/mol. The van der Waals surface area contributed by atoms with Gasteiger partial charge in [0, 0.05) is 17.8 Å². The van der Waals surface area contributed by atoms with Crippen LogP contribution in [0.25, 0.3) is 6.08 Å². The van der Waals surface area contributed by atoms with Crippen LogP contribution in [0.15, 0.2) is 36.7 Å². The summed E-state index contributed by atoms with van der Waals surface area (Å²) in [5.41, 5.74) is 2.04. The maximum Gasteiger partial charge on any atom is 0.328 e. The van der Waals surface area contributed by atoms with Crippen molar-refractivity contribution >= 4 is 12.0 Å². The van der Waals surface area contributed by atoms with Gasteiger partial charge in [-0.25, -0.2) is 9.18 Å². The molecule has 1 aromatic carbocycles. The van der Waals surface area contributed by atoms with E-state index in [1.807, 2.05) is 13.1 Å². The van der Waals surface area contributed by atoms with Gasteiger partial charge in [-0.05, 0) is 30.2 Å². The number of aryl methyl sites for hydroxylation is 1. The van der Waals surface area contributed by atoms with Crippen molar-refractivity contribution in [1.82, 2.24) is 9.78 Å². The number of aromatic nitrogens is 2. The van der Waals surface area contributed by atoms with Gasteiger partial charge in [0.05, 0.1) is 12.7 Å². The molecule has 0 amide bonds. The highest BCUT2D eigenvalue weighted by molar-refractivity contribution is 5.85. The second kappa shape index (κ2) is 5.48. The fourth-order valence-electron chi connectivity index (χ4n) is 1.69. The van der Waals surface area contributed by atoms with E-state index in [0.717, 1.165) is 11.6 Å². The van der Waals surface area contributed by atoms with E-state index in [1.165, 1.54) is 12.1 Å². The van der Waals surface area contributed by atoms with E-state index in [9.17, 15) is 9.18 Å². The zero-order chi connectivity index (χ0) is 13.8. The van der Waals surface area contributed by atoms with Gasteiger partial charge in [0.2, 0.25) is 0 Å². The second-order valence-electron chi connectivity index (χ2n) is 4.24. The Morgan fingerprint density at radius 3 is 2.89 bits per heavy atom. The summed E-state index contributed by atoms with van der Waals surface area (Å²) < 4.78 is 15.5. The fourth-order valence-corrected chi connectivity index (χ4v) is 1.69. The summed E-state index contributed by atoms with van der Waals surface area (Å²) in [6.45, 7) is 2.27. The lowest BCUT2D eigenvalue weighted by atomic mass is 10.1. The van der Waals surface area contributed by atoms with E-state index >= 15 is 0 Å². The Kier molecular flexibility index (Phi) is 3.75. The smallest absolute Gasteiger partial charge is 0.328 e. The first-order valence-electron chi connectivity index (χ1n) is 5.73. The molecule has 0 saturated heterocycles. The summed E-state index contributed by atoms with van der Waals surface area (Å²) in [5, 5.41) is 12.6. The number of carbonyl (C=O) groups is 1. The summed E-state index contributed by atoms with van der Waals surface area (Å²) in [7, 11) is 0. The molecule has 0 spiro atoms. The first-order valence-corrected chi connectivity index (χ1v) is 5.73. The molecule has 0 aliphatic heterocycles. The van der Waals surface area contributed by atoms with E-state index in [4.69, 9.17) is 5.11 Å². The quantitative estimate of drug-likeness (QED) is 0.859. The van der Waals surface area contributed by atoms with Crippen molar-refractivity contribution in [2.24, 2.45) is 0 Å². The molecule has 0 unspecified atom stereocenters. The molecule has 1 heterocycles.